The molecule has 1 aromatic heterocycles. The summed E-state index contributed by atoms with van der Waals surface area (Å²) in [6.07, 6.45) is 1.31. The standard InChI is InChI=1S/C22H22N2O5S/c1-16-4-10-19(11-5-16)30(27,28)14-12-21(25)23-15-17-6-8-18(9-7-17)24-22(26)20-3-2-13-29-20/h2-11,13H,12,14-15H2,1H3,(H,23,25)(H,24,26). The zero-order valence-electron chi connectivity index (χ0n) is 16.4. The molecule has 2 aromatic carbocycles. The molecule has 1 heterocycles. The number of carbonyl (C=O) groups excluding carboxylic acids is 2. The summed E-state index contributed by atoms with van der Waals surface area (Å²) in [5.41, 5.74) is 2.38. The number of hydrogen-bond donors (Lipinski definition) is 2. The molecule has 2 amide bonds. The van der Waals surface area contributed by atoms with E-state index in [9.17, 15) is 18.0 Å². The molecule has 0 aliphatic heterocycles. The van der Waals surface area contributed by atoms with Gasteiger partial charge >= 0.3 is 0 Å². The van der Waals surface area contributed by atoms with Crippen molar-refractivity contribution in [1.82, 2.24) is 5.32 Å². The molecule has 0 bridgehead atoms. The van der Waals surface area contributed by atoms with Crippen molar-refractivity contribution in [3.63, 3.8) is 0 Å². The highest BCUT2D eigenvalue weighted by Crippen LogP contribution is 2.14. The Balaban J connectivity index is 1.46. The number of rotatable bonds is 8. The Morgan fingerprint density at radius 3 is 2.30 bits per heavy atom. The summed E-state index contributed by atoms with van der Waals surface area (Å²) >= 11 is 0. The van der Waals surface area contributed by atoms with Crippen LogP contribution in [0.15, 0.2) is 76.2 Å². The molecule has 8 heteroatoms. The second-order valence-electron chi connectivity index (χ2n) is 6.79. The third-order valence-electron chi connectivity index (χ3n) is 4.42. The maximum absolute atomic E-state index is 12.3. The molecule has 0 unspecified atom stereocenters. The molecule has 7 nitrogen and oxygen atoms in total. The van der Waals surface area contributed by atoms with Crippen LogP contribution >= 0.6 is 0 Å². The van der Waals surface area contributed by atoms with Crippen LogP contribution in [-0.4, -0.2) is 26.0 Å². The van der Waals surface area contributed by atoms with E-state index in [1.807, 2.05) is 6.92 Å². The molecule has 0 saturated carbocycles. The second-order valence-corrected chi connectivity index (χ2v) is 8.90. The maximum atomic E-state index is 12.3. The van der Waals surface area contributed by atoms with E-state index in [0.29, 0.717) is 5.69 Å². The molecular formula is C22H22N2O5S. The smallest absolute Gasteiger partial charge is 0.291 e. The minimum Gasteiger partial charge on any atom is -0.459 e. The van der Waals surface area contributed by atoms with Gasteiger partial charge in [0.05, 0.1) is 16.9 Å². The van der Waals surface area contributed by atoms with Gasteiger partial charge in [-0.2, -0.15) is 0 Å². The number of aryl methyl sites for hydroxylation is 1. The molecule has 0 radical (unpaired) electrons. The molecule has 0 atom stereocenters. The predicted molar refractivity (Wildman–Crippen MR) is 113 cm³/mol. The van der Waals surface area contributed by atoms with Crippen LogP contribution in [0.3, 0.4) is 0 Å². The predicted octanol–water partition coefficient (Wildman–Crippen LogP) is 3.32. The fraction of sp³-hybridized carbons (Fsp3) is 0.182. The molecule has 30 heavy (non-hydrogen) atoms. The van der Waals surface area contributed by atoms with Crippen molar-refractivity contribution in [3.05, 3.63) is 83.8 Å². The highest BCUT2D eigenvalue weighted by Gasteiger charge is 2.16. The summed E-state index contributed by atoms with van der Waals surface area (Å²) in [5, 5.41) is 5.41. The van der Waals surface area contributed by atoms with E-state index >= 15 is 0 Å². The normalized spacial score (nSPS) is 11.1. The lowest BCUT2D eigenvalue weighted by Crippen LogP contribution is -2.25. The fourth-order valence-corrected chi connectivity index (χ4v) is 3.93. The van der Waals surface area contributed by atoms with Crippen LogP contribution < -0.4 is 10.6 Å². The van der Waals surface area contributed by atoms with Gasteiger partial charge in [-0.25, -0.2) is 8.42 Å². The molecule has 3 aromatic rings. The van der Waals surface area contributed by atoms with Gasteiger partial charge in [0.15, 0.2) is 15.6 Å². The van der Waals surface area contributed by atoms with E-state index in [1.165, 1.54) is 6.26 Å². The first-order valence-electron chi connectivity index (χ1n) is 9.33. The summed E-state index contributed by atoms with van der Waals surface area (Å²) in [6, 6.07) is 16.7. The third-order valence-corrected chi connectivity index (χ3v) is 6.16. The van der Waals surface area contributed by atoms with E-state index < -0.39 is 9.84 Å². The van der Waals surface area contributed by atoms with Crippen molar-refractivity contribution in [2.75, 3.05) is 11.1 Å². The Kier molecular flexibility index (Phi) is 6.68. The first kappa shape index (κ1) is 21.3. The second kappa shape index (κ2) is 9.41. The van der Waals surface area contributed by atoms with Gasteiger partial charge in [0.25, 0.3) is 5.91 Å². The summed E-state index contributed by atoms with van der Waals surface area (Å²) in [6.45, 7) is 2.14. The monoisotopic (exact) mass is 426 g/mol. The Hall–Kier alpha value is -3.39. The van der Waals surface area contributed by atoms with Gasteiger partial charge in [-0.15, -0.1) is 0 Å². The van der Waals surface area contributed by atoms with Crippen LogP contribution in [0, 0.1) is 6.92 Å². The van der Waals surface area contributed by atoms with E-state index in [4.69, 9.17) is 4.42 Å². The Labute approximate surface area is 175 Å². The number of anilines is 1. The van der Waals surface area contributed by atoms with Gasteiger partial charge in [0.2, 0.25) is 5.91 Å². The van der Waals surface area contributed by atoms with E-state index in [1.54, 1.807) is 60.7 Å². The number of sulfone groups is 1. The fourth-order valence-electron chi connectivity index (χ4n) is 2.69. The number of carbonyl (C=O) groups is 2. The Morgan fingerprint density at radius 2 is 1.67 bits per heavy atom. The Bertz CT molecular complexity index is 1100. The lowest BCUT2D eigenvalue weighted by atomic mass is 10.2. The average molecular weight is 426 g/mol. The summed E-state index contributed by atoms with van der Waals surface area (Å²) in [5.74, 6) is -0.733. The first-order valence-corrected chi connectivity index (χ1v) is 11.0. The van der Waals surface area contributed by atoms with Gasteiger partial charge in [-0.3, -0.25) is 9.59 Å². The Morgan fingerprint density at radius 1 is 0.967 bits per heavy atom. The maximum Gasteiger partial charge on any atom is 0.291 e. The van der Waals surface area contributed by atoms with Crippen molar-refractivity contribution in [3.8, 4) is 0 Å². The summed E-state index contributed by atoms with van der Waals surface area (Å²) in [7, 11) is -3.50. The molecule has 0 saturated heterocycles. The lowest BCUT2D eigenvalue weighted by molar-refractivity contribution is -0.120. The third kappa shape index (κ3) is 5.81. The van der Waals surface area contributed by atoms with Crippen molar-refractivity contribution in [2.45, 2.75) is 24.8 Å². The van der Waals surface area contributed by atoms with E-state index in [0.717, 1.165) is 11.1 Å². The average Bonchev–Trinajstić information content (AvgIpc) is 3.27. The van der Waals surface area contributed by atoms with E-state index in [-0.39, 0.29) is 41.2 Å². The van der Waals surface area contributed by atoms with E-state index in [2.05, 4.69) is 10.6 Å². The van der Waals surface area contributed by atoms with Gasteiger partial charge in [0, 0.05) is 18.7 Å². The number of benzene rings is 2. The highest BCUT2D eigenvalue weighted by molar-refractivity contribution is 7.91. The number of nitrogens with one attached hydrogen (secondary N) is 2. The van der Waals surface area contributed by atoms with Gasteiger partial charge in [0.1, 0.15) is 0 Å². The summed E-state index contributed by atoms with van der Waals surface area (Å²) in [4.78, 5) is 24.2. The quantitative estimate of drug-likeness (QED) is 0.575. The number of hydrogen-bond acceptors (Lipinski definition) is 5. The first-order chi connectivity index (χ1) is 14.3. The topological polar surface area (TPSA) is 105 Å². The van der Waals surface area contributed by atoms with Crippen molar-refractivity contribution < 1.29 is 22.4 Å². The van der Waals surface area contributed by atoms with Gasteiger partial charge in [-0.05, 0) is 48.9 Å². The van der Waals surface area contributed by atoms with Crippen LogP contribution in [0.4, 0.5) is 5.69 Å². The minimum atomic E-state index is -3.50. The largest absolute Gasteiger partial charge is 0.459 e. The molecule has 3 rings (SSSR count). The zero-order chi connectivity index (χ0) is 21.6. The zero-order valence-corrected chi connectivity index (χ0v) is 17.2. The van der Waals surface area contributed by atoms with Crippen LogP contribution in [0.25, 0.3) is 0 Å². The van der Waals surface area contributed by atoms with Crippen molar-refractivity contribution in [2.24, 2.45) is 0 Å². The van der Waals surface area contributed by atoms with Crippen LogP contribution in [0.2, 0.25) is 0 Å². The molecule has 2 N–H and O–H groups in total. The van der Waals surface area contributed by atoms with Crippen molar-refractivity contribution >= 4 is 27.3 Å². The lowest BCUT2D eigenvalue weighted by Gasteiger charge is -2.08. The molecular weight excluding hydrogens is 404 g/mol. The number of amides is 2. The SMILES string of the molecule is Cc1ccc(S(=O)(=O)CCC(=O)NCc2ccc(NC(=O)c3ccco3)cc2)cc1. The molecule has 156 valence electrons. The molecule has 0 spiro atoms. The molecule has 0 aliphatic carbocycles. The van der Waals surface area contributed by atoms with Crippen LogP contribution in [0.1, 0.15) is 28.1 Å². The van der Waals surface area contributed by atoms with Crippen molar-refractivity contribution in [1.29, 1.82) is 0 Å². The highest BCUT2D eigenvalue weighted by atomic mass is 32.2. The van der Waals surface area contributed by atoms with Crippen LogP contribution in [0.5, 0.6) is 0 Å². The minimum absolute atomic E-state index is 0.118. The van der Waals surface area contributed by atoms with Gasteiger partial charge in [-0.1, -0.05) is 29.8 Å². The molecule has 0 aliphatic rings. The number of furan rings is 1. The molecule has 0 fully saturated rings. The van der Waals surface area contributed by atoms with Crippen LogP contribution in [-0.2, 0) is 21.2 Å². The van der Waals surface area contributed by atoms with Gasteiger partial charge < -0.3 is 15.1 Å². The summed E-state index contributed by atoms with van der Waals surface area (Å²) < 4.78 is 29.7.